The molecule has 0 spiro atoms. The van der Waals surface area contributed by atoms with Crippen LogP contribution in [0.1, 0.15) is 44.7 Å². The van der Waals surface area contributed by atoms with E-state index in [1.807, 2.05) is 0 Å². The molecule has 0 bridgehead atoms. The van der Waals surface area contributed by atoms with Gasteiger partial charge in [0.05, 0.1) is 6.61 Å². The summed E-state index contributed by atoms with van der Waals surface area (Å²) in [4.78, 5) is 2.69. The summed E-state index contributed by atoms with van der Waals surface area (Å²) in [6.07, 6.45) is 3.81. The van der Waals surface area contributed by atoms with E-state index in [2.05, 4.69) is 48.3 Å². The van der Waals surface area contributed by atoms with Crippen molar-refractivity contribution in [3.8, 4) is 5.75 Å². The molecule has 0 aromatic heterocycles. The molecule has 1 N–H and O–H groups in total. The first-order chi connectivity index (χ1) is 10.2. The molecule has 1 fully saturated rings. The topological polar surface area (TPSA) is 24.5 Å². The second-order valence-corrected chi connectivity index (χ2v) is 6.76. The molecule has 2 atom stereocenters. The van der Waals surface area contributed by atoms with E-state index in [1.54, 1.807) is 0 Å². The first kappa shape index (κ1) is 14.9. The van der Waals surface area contributed by atoms with E-state index in [9.17, 15) is 0 Å². The lowest BCUT2D eigenvalue weighted by atomic mass is 9.92. The summed E-state index contributed by atoms with van der Waals surface area (Å²) in [6.45, 7) is 8.92. The van der Waals surface area contributed by atoms with Crippen LogP contribution in [0.15, 0.2) is 24.3 Å². The second kappa shape index (κ2) is 6.80. The fourth-order valence-corrected chi connectivity index (χ4v) is 3.65. The zero-order valence-electron chi connectivity index (χ0n) is 13.3. The predicted octanol–water partition coefficient (Wildman–Crippen LogP) is 3.22. The number of hydrogen-bond donors (Lipinski definition) is 1. The van der Waals surface area contributed by atoms with Crippen LogP contribution in [0.4, 0.5) is 0 Å². The normalized spacial score (nSPS) is 26.4. The maximum absolute atomic E-state index is 5.81. The zero-order chi connectivity index (χ0) is 14.7. The number of para-hydroxylation sites is 1. The Kier molecular flexibility index (Phi) is 4.81. The molecule has 2 unspecified atom stereocenters. The summed E-state index contributed by atoms with van der Waals surface area (Å²) < 4.78 is 5.81. The number of ether oxygens (including phenoxy) is 1. The number of benzene rings is 1. The fraction of sp³-hybridized carbons (Fsp3) is 0.667. The van der Waals surface area contributed by atoms with Crippen molar-refractivity contribution in [3.63, 3.8) is 0 Å². The molecule has 0 radical (unpaired) electrons. The van der Waals surface area contributed by atoms with Gasteiger partial charge in [-0.3, -0.25) is 4.90 Å². The van der Waals surface area contributed by atoms with Crippen molar-refractivity contribution in [1.82, 2.24) is 10.2 Å². The summed E-state index contributed by atoms with van der Waals surface area (Å²) >= 11 is 0. The van der Waals surface area contributed by atoms with E-state index >= 15 is 0 Å². The maximum atomic E-state index is 5.81. The minimum atomic E-state index is 0.553. The smallest absolute Gasteiger partial charge is 0.124 e. The van der Waals surface area contributed by atoms with Gasteiger partial charge in [0.25, 0.3) is 0 Å². The molecule has 3 rings (SSSR count). The lowest BCUT2D eigenvalue weighted by Gasteiger charge is -2.41. The van der Waals surface area contributed by atoms with Gasteiger partial charge in [-0.25, -0.2) is 0 Å². The summed E-state index contributed by atoms with van der Waals surface area (Å²) in [6, 6.07) is 9.72. The van der Waals surface area contributed by atoms with E-state index < -0.39 is 0 Å². The van der Waals surface area contributed by atoms with E-state index in [0.29, 0.717) is 12.1 Å². The molecule has 2 aliphatic heterocycles. The Labute approximate surface area is 128 Å². The first-order valence-electron chi connectivity index (χ1n) is 8.43. The number of hydrogen-bond acceptors (Lipinski definition) is 3. The highest BCUT2D eigenvalue weighted by Crippen LogP contribution is 2.37. The van der Waals surface area contributed by atoms with Gasteiger partial charge in [-0.05, 0) is 37.9 Å². The molecule has 2 aliphatic rings. The standard InChI is InChI=1S/C18H28N2O/c1-14(2)19-12-15-6-5-10-20(13-15)17-9-11-21-18-8-4-3-7-16(17)18/h3-4,7-8,14-15,17,19H,5-6,9-13H2,1-2H3. The van der Waals surface area contributed by atoms with Crippen molar-refractivity contribution in [2.75, 3.05) is 26.2 Å². The third-order valence-electron chi connectivity index (χ3n) is 4.73. The number of rotatable bonds is 4. The number of nitrogens with one attached hydrogen (secondary N) is 1. The summed E-state index contributed by atoms with van der Waals surface area (Å²) in [5.41, 5.74) is 1.39. The summed E-state index contributed by atoms with van der Waals surface area (Å²) in [5, 5.41) is 3.61. The van der Waals surface area contributed by atoms with Crippen LogP contribution < -0.4 is 10.1 Å². The van der Waals surface area contributed by atoms with E-state index in [4.69, 9.17) is 4.74 Å². The Balaban J connectivity index is 1.67. The molecular formula is C18H28N2O. The third kappa shape index (κ3) is 3.58. The average Bonchev–Trinajstić information content (AvgIpc) is 2.52. The molecule has 1 saturated heterocycles. The molecular weight excluding hydrogens is 260 g/mol. The van der Waals surface area contributed by atoms with E-state index in [-0.39, 0.29) is 0 Å². The highest BCUT2D eigenvalue weighted by molar-refractivity contribution is 5.37. The SMILES string of the molecule is CC(C)NCC1CCCN(C2CCOc3ccccc32)C1. The Morgan fingerprint density at radius 1 is 1.29 bits per heavy atom. The highest BCUT2D eigenvalue weighted by Gasteiger charge is 2.30. The predicted molar refractivity (Wildman–Crippen MR) is 86.7 cm³/mol. The van der Waals surface area contributed by atoms with Crippen LogP contribution in [-0.4, -0.2) is 37.2 Å². The fourth-order valence-electron chi connectivity index (χ4n) is 3.65. The van der Waals surface area contributed by atoms with Gasteiger partial charge in [-0.1, -0.05) is 32.0 Å². The molecule has 2 heterocycles. The highest BCUT2D eigenvalue weighted by atomic mass is 16.5. The first-order valence-corrected chi connectivity index (χ1v) is 8.43. The van der Waals surface area contributed by atoms with Crippen molar-refractivity contribution in [1.29, 1.82) is 0 Å². The van der Waals surface area contributed by atoms with Crippen molar-refractivity contribution < 1.29 is 4.74 Å². The van der Waals surface area contributed by atoms with Gasteiger partial charge < -0.3 is 10.1 Å². The molecule has 3 heteroatoms. The third-order valence-corrected chi connectivity index (χ3v) is 4.73. The zero-order valence-corrected chi connectivity index (χ0v) is 13.3. The Morgan fingerprint density at radius 3 is 3.00 bits per heavy atom. The second-order valence-electron chi connectivity index (χ2n) is 6.76. The monoisotopic (exact) mass is 288 g/mol. The van der Waals surface area contributed by atoms with Crippen molar-refractivity contribution >= 4 is 0 Å². The van der Waals surface area contributed by atoms with Gasteiger partial charge >= 0.3 is 0 Å². The molecule has 0 aliphatic carbocycles. The Morgan fingerprint density at radius 2 is 2.14 bits per heavy atom. The number of fused-ring (bicyclic) bond motifs is 1. The van der Waals surface area contributed by atoms with Gasteiger partial charge in [-0.2, -0.15) is 0 Å². The summed E-state index contributed by atoms with van der Waals surface area (Å²) in [5.74, 6) is 1.88. The maximum Gasteiger partial charge on any atom is 0.124 e. The minimum absolute atomic E-state index is 0.553. The van der Waals surface area contributed by atoms with E-state index in [1.165, 1.54) is 31.5 Å². The van der Waals surface area contributed by atoms with E-state index in [0.717, 1.165) is 31.2 Å². The van der Waals surface area contributed by atoms with Crippen LogP contribution >= 0.6 is 0 Å². The van der Waals surface area contributed by atoms with Gasteiger partial charge in [0.1, 0.15) is 5.75 Å². The lowest BCUT2D eigenvalue weighted by Crippen LogP contribution is -2.43. The molecule has 116 valence electrons. The van der Waals surface area contributed by atoms with Crippen LogP contribution in [0.5, 0.6) is 5.75 Å². The lowest BCUT2D eigenvalue weighted by molar-refractivity contribution is 0.0906. The molecule has 21 heavy (non-hydrogen) atoms. The Bertz CT molecular complexity index is 460. The summed E-state index contributed by atoms with van der Waals surface area (Å²) in [7, 11) is 0. The van der Waals surface area contributed by atoms with Crippen molar-refractivity contribution in [2.45, 2.75) is 45.2 Å². The minimum Gasteiger partial charge on any atom is -0.493 e. The van der Waals surface area contributed by atoms with Crippen LogP contribution in [0.25, 0.3) is 0 Å². The molecule has 1 aromatic rings. The van der Waals surface area contributed by atoms with Crippen molar-refractivity contribution in [2.24, 2.45) is 5.92 Å². The van der Waals surface area contributed by atoms with Crippen molar-refractivity contribution in [3.05, 3.63) is 29.8 Å². The number of piperidine rings is 1. The molecule has 0 amide bonds. The van der Waals surface area contributed by atoms with Gasteiger partial charge in [0.2, 0.25) is 0 Å². The quantitative estimate of drug-likeness (QED) is 0.920. The van der Waals surface area contributed by atoms with Gasteiger partial charge in [0.15, 0.2) is 0 Å². The van der Waals surface area contributed by atoms with Crippen LogP contribution in [0.3, 0.4) is 0 Å². The van der Waals surface area contributed by atoms with Crippen LogP contribution in [-0.2, 0) is 0 Å². The number of likely N-dealkylation sites (tertiary alicyclic amines) is 1. The van der Waals surface area contributed by atoms with Gasteiger partial charge in [-0.15, -0.1) is 0 Å². The molecule has 1 aromatic carbocycles. The number of nitrogens with zero attached hydrogens (tertiary/aromatic N) is 1. The Hall–Kier alpha value is -1.06. The average molecular weight is 288 g/mol. The molecule has 3 nitrogen and oxygen atoms in total. The molecule has 0 saturated carbocycles. The van der Waals surface area contributed by atoms with Crippen LogP contribution in [0.2, 0.25) is 0 Å². The van der Waals surface area contributed by atoms with Crippen LogP contribution in [0, 0.1) is 5.92 Å². The largest absolute Gasteiger partial charge is 0.493 e. The van der Waals surface area contributed by atoms with Gasteiger partial charge in [0, 0.05) is 30.6 Å².